The fraction of sp³-hybridized carbons (Fsp3) is 0.348. The molecular formula is C23H25FN4O4. The predicted molar refractivity (Wildman–Crippen MR) is 119 cm³/mol. The molecule has 0 aliphatic rings. The van der Waals surface area contributed by atoms with Crippen LogP contribution in [0.3, 0.4) is 0 Å². The molecule has 32 heavy (non-hydrogen) atoms. The second-order valence-electron chi connectivity index (χ2n) is 8.41. The number of hydrogen-bond acceptors (Lipinski definition) is 6. The van der Waals surface area contributed by atoms with E-state index >= 15 is 0 Å². The molecule has 8 nitrogen and oxygen atoms in total. The molecule has 1 amide bonds. The zero-order valence-corrected chi connectivity index (χ0v) is 18.9. The molecule has 0 saturated heterocycles. The van der Waals surface area contributed by atoms with Crippen molar-refractivity contribution < 1.29 is 18.7 Å². The number of aromatic nitrogens is 3. The van der Waals surface area contributed by atoms with E-state index in [2.05, 4.69) is 15.3 Å². The number of aryl methyl sites for hydroxylation is 1. The number of carbonyl (C=O) groups is 2. The lowest BCUT2D eigenvalue weighted by atomic mass is 10.0. The molecule has 0 aliphatic heterocycles. The van der Waals surface area contributed by atoms with Crippen molar-refractivity contribution in [2.24, 2.45) is 7.05 Å². The van der Waals surface area contributed by atoms with E-state index in [0.29, 0.717) is 16.5 Å². The Balaban J connectivity index is 2.06. The lowest BCUT2D eigenvalue weighted by Crippen LogP contribution is -2.27. The van der Waals surface area contributed by atoms with Gasteiger partial charge in [0.1, 0.15) is 17.1 Å². The molecule has 0 saturated carbocycles. The van der Waals surface area contributed by atoms with Crippen molar-refractivity contribution in [3.63, 3.8) is 0 Å². The minimum atomic E-state index is -0.730. The van der Waals surface area contributed by atoms with Crippen LogP contribution in [-0.4, -0.2) is 32.0 Å². The Labute approximate surface area is 184 Å². The Kier molecular flexibility index (Phi) is 6.11. The first-order chi connectivity index (χ1) is 14.9. The maximum absolute atomic E-state index is 14.8. The Bertz CT molecular complexity index is 1290. The van der Waals surface area contributed by atoms with Crippen LogP contribution >= 0.6 is 0 Å². The predicted octanol–water partition coefficient (Wildman–Crippen LogP) is 4.38. The highest BCUT2D eigenvalue weighted by atomic mass is 19.1. The SMILES string of the molecule is CCC(=O)c1ncc(-c2cc3cnc(NC(=O)OC(C)(C)C)cc3n(C)c2=O)c(C)c1F. The average Bonchev–Trinajstić information content (AvgIpc) is 2.71. The van der Waals surface area contributed by atoms with E-state index in [1.165, 1.54) is 23.9 Å². The fourth-order valence-electron chi connectivity index (χ4n) is 3.25. The molecule has 9 heteroatoms. The van der Waals surface area contributed by atoms with E-state index in [4.69, 9.17) is 4.74 Å². The second-order valence-corrected chi connectivity index (χ2v) is 8.41. The number of Topliss-reactive ketones (excluding diaryl/α,β-unsaturated/α-hetero) is 1. The van der Waals surface area contributed by atoms with Gasteiger partial charge in [-0.15, -0.1) is 0 Å². The summed E-state index contributed by atoms with van der Waals surface area (Å²) >= 11 is 0. The van der Waals surface area contributed by atoms with Gasteiger partial charge in [-0.25, -0.2) is 19.2 Å². The van der Waals surface area contributed by atoms with Gasteiger partial charge in [0, 0.05) is 48.4 Å². The van der Waals surface area contributed by atoms with Crippen LogP contribution in [0.1, 0.15) is 50.2 Å². The van der Waals surface area contributed by atoms with Crippen molar-refractivity contribution in [1.82, 2.24) is 14.5 Å². The Morgan fingerprint density at radius 1 is 1.16 bits per heavy atom. The number of fused-ring (bicyclic) bond motifs is 1. The van der Waals surface area contributed by atoms with Gasteiger partial charge in [-0.05, 0) is 39.3 Å². The summed E-state index contributed by atoms with van der Waals surface area (Å²) in [5.41, 5.74) is -0.0614. The third-order valence-corrected chi connectivity index (χ3v) is 4.88. The van der Waals surface area contributed by atoms with E-state index in [1.54, 1.807) is 46.9 Å². The van der Waals surface area contributed by atoms with E-state index in [9.17, 15) is 18.8 Å². The largest absolute Gasteiger partial charge is 0.444 e. The third-order valence-electron chi connectivity index (χ3n) is 4.88. The minimum absolute atomic E-state index is 0.131. The van der Waals surface area contributed by atoms with Gasteiger partial charge in [-0.1, -0.05) is 6.92 Å². The summed E-state index contributed by atoms with van der Waals surface area (Å²) in [7, 11) is 1.57. The van der Waals surface area contributed by atoms with Crippen LogP contribution in [0.15, 0.2) is 29.3 Å². The lowest BCUT2D eigenvalue weighted by Gasteiger charge is -2.19. The maximum Gasteiger partial charge on any atom is 0.413 e. The van der Waals surface area contributed by atoms with E-state index in [1.807, 2.05) is 0 Å². The summed E-state index contributed by atoms with van der Waals surface area (Å²) in [5, 5.41) is 3.15. The van der Waals surface area contributed by atoms with Gasteiger partial charge in [0.05, 0.1) is 5.52 Å². The monoisotopic (exact) mass is 440 g/mol. The van der Waals surface area contributed by atoms with Gasteiger partial charge in [-0.3, -0.25) is 14.9 Å². The van der Waals surface area contributed by atoms with Crippen LogP contribution in [-0.2, 0) is 11.8 Å². The molecule has 0 radical (unpaired) electrons. The number of nitrogens with one attached hydrogen (secondary N) is 1. The smallest absolute Gasteiger partial charge is 0.413 e. The molecule has 0 aromatic carbocycles. The first kappa shape index (κ1) is 23.1. The molecule has 0 spiro atoms. The zero-order valence-electron chi connectivity index (χ0n) is 18.9. The number of ether oxygens (including phenoxy) is 1. The number of ketones is 1. The van der Waals surface area contributed by atoms with Gasteiger partial charge < -0.3 is 9.30 Å². The molecular weight excluding hydrogens is 415 g/mol. The molecule has 0 fully saturated rings. The van der Waals surface area contributed by atoms with E-state index in [-0.39, 0.29) is 34.6 Å². The van der Waals surface area contributed by atoms with Gasteiger partial charge in [0.25, 0.3) is 5.56 Å². The van der Waals surface area contributed by atoms with Gasteiger partial charge in [-0.2, -0.15) is 0 Å². The second kappa shape index (κ2) is 8.49. The van der Waals surface area contributed by atoms with E-state index in [0.717, 1.165) is 0 Å². The topological polar surface area (TPSA) is 103 Å². The standard InChI is InChI=1S/C23H25FN4O4/c1-7-17(29)20-19(24)12(2)15(11-26-20)14-8-13-10-25-18(9-16(13)28(6)21(14)30)27-22(31)32-23(3,4)5/h8-11H,7H2,1-6H3,(H,25,27,31). The van der Waals surface area contributed by atoms with Crippen LogP contribution < -0.4 is 10.9 Å². The first-order valence-corrected chi connectivity index (χ1v) is 10.1. The number of pyridine rings is 3. The lowest BCUT2D eigenvalue weighted by molar-refractivity contribution is 0.0635. The Hall–Kier alpha value is -3.62. The van der Waals surface area contributed by atoms with Crippen LogP contribution in [0.4, 0.5) is 15.0 Å². The molecule has 168 valence electrons. The molecule has 3 rings (SSSR count). The summed E-state index contributed by atoms with van der Waals surface area (Å²) in [6.45, 7) is 8.38. The number of amides is 1. The van der Waals surface area contributed by atoms with Crippen molar-refractivity contribution in [3.05, 3.63) is 52.0 Å². The van der Waals surface area contributed by atoms with Crippen LogP contribution in [0.2, 0.25) is 0 Å². The molecule has 0 unspecified atom stereocenters. The number of carbonyl (C=O) groups excluding carboxylic acids is 2. The molecule has 0 atom stereocenters. The van der Waals surface area contributed by atoms with Gasteiger partial charge in [0.2, 0.25) is 0 Å². The van der Waals surface area contributed by atoms with E-state index < -0.39 is 23.3 Å². The first-order valence-electron chi connectivity index (χ1n) is 10.1. The maximum atomic E-state index is 14.8. The number of anilines is 1. The van der Waals surface area contributed by atoms with Crippen LogP contribution in [0.25, 0.3) is 22.0 Å². The van der Waals surface area contributed by atoms with Gasteiger partial charge >= 0.3 is 6.09 Å². The minimum Gasteiger partial charge on any atom is -0.444 e. The molecule has 0 bridgehead atoms. The van der Waals surface area contributed by atoms with Crippen LogP contribution in [0.5, 0.6) is 0 Å². The zero-order chi connectivity index (χ0) is 23.8. The Morgan fingerprint density at radius 3 is 2.47 bits per heavy atom. The molecule has 3 aromatic heterocycles. The number of halogens is 1. The summed E-state index contributed by atoms with van der Waals surface area (Å²) in [6, 6.07) is 3.14. The highest BCUT2D eigenvalue weighted by molar-refractivity contribution is 5.95. The van der Waals surface area contributed by atoms with Crippen molar-refractivity contribution in [2.45, 2.75) is 46.6 Å². The van der Waals surface area contributed by atoms with Gasteiger partial charge in [0.15, 0.2) is 11.6 Å². The Morgan fingerprint density at radius 2 is 1.84 bits per heavy atom. The summed E-state index contributed by atoms with van der Waals surface area (Å²) in [6.07, 6.45) is 2.31. The number of nitrogens with zero attached hydrogens (tertiary/aromatic N) is 3. The fourth-order valence-corrected chi connectivity index (χ4v) is 3.25. The summed E-state index contributed by atoms with van der Waals surface area (Å²) in [4.78, 5) is 45.1. The van der Waals surface area contributed by atoms with Crippen molar-refractivity contribution in [3.8, 4) is 11.1 Å². The quantitative estimate of drug-likeness (QED) is 0.604. The van der Waals surface area contributed by atoms with Crippen molar-refractivity contribution in [2.75, 3.05) is 5.32 Å². The summed E-state index contributed by atoms with van der Waals surface area (Å²) < 4.78 is 21.4. The molecule has 3 heterocycles. The molecule has 0 aliphatic carbocycles. The highest BCUT2D eigenvalue weighted by Gasteiger charge is 2.20. The normalized spacial score (nSPS) is 11.5. The highest BCUT2D eigenvalue weighted by Crippen LogP contribution is 2.27. The average molecular weight is 440 g/mol. The third kappa shape index (κ3) is 4.51. The summed E-state index contributed by atoms with van der Waals surface area (Å²) in [5.74, 6) is -0.912. The number of rotatable bonds is 4. The molecule has 1 N–H and O–H groups in total. The van der Waals surface area contributed by atoms with Crippen molar-refractivity contribution in [1.29, 1.82) is 0 Å². The van der Waals surface area contributed by atoms with Crippen molar-refractivity contribution >= 4 is 28.6 Å². The van der Waals surface area contributed by atoms with Crippen LogP contribution in [0, 0.1) is 12.7 Å². The number of hydrogen-bond donors (Lipinski definition) is 1. The molecule has 3 aromatic rings.